The van der Waals surface area contributed by atoms with Gasteiger partial charge in [-0.2, -0.15) is 8.39 Å². The molecule has 0 heterocycles. The van der Waals surface area contributed by atoms with E-state index < -0.39 is 41.0 Å². The lowest BCUT2D eigenvalue weighted by Gasteiger charge is -2.08. The molecule has 0 amide bonds. The first-order chi connectivity index (χ1) is 6.68. The van der Waals surface area contributed by atoms with Crippen molar-refractivity contribution in [1.82, 2.24) is 0 Å². The molecule has 0 nitrogen and oxygen atoms in total. The van der Waals surface area contributed by atoms with Crippen LogP contribution in [0.4, 0.5) is 30.3 Å². The smallest absolute Gasteiger partial charge is 0.203 e. The summed E-state index contributed by atoms with van der Waals surface area (Å²) in [6, 6.07) is 0. The fourth-order valence-corrected chi connectivity index (χ4v) is 1.96. The zero-order valence-electron chi connectivity index (χ0n) is 6.50. The Morgan fingerprint density at radius 3 is 1.20 bits per heavy atom. The molecule has 0 aliphatic rings. The summed E-state index contributed by atoms with van der Waals surface area (Å²) >= 11 is 3.43. The topological polar surface area (TPSA) is 0 Å². The maximum atomic E-state index is 12.7. The van der Waals surface area contributed by atoms with Gasteiger partial charge in [0.2, 0.25) is 5.82 Å². The van der Waals surface area contributed by atoms with Crippen molar-refractivity contribution < 1.29 is 30.3 Å². The highest BCUT2D eigenvalue weighted by Gasteiger charge is 2.34. The van der Waals surface area contributed by atoms with Gasteiger partial charge in [-0.3, -0.25) is 0 Å². The lowest BCUT2D eigenvalue weighted by molar-refractivity contribution is 0.383. The Labute approximate surface area is 84.0 Å². The van der Waals surface area contributed by atoms with Gasteiger partial charge < -0.3 is 0 Å². The molecule has 0 bridgehead atoms. The van der Waals surface area contributed by atoms with Crippen molar-refractivity contribution in [2.75, 3.05) is 0 Å². The van der Waals surface area contributed by atoms with Crippen LogP contribution in [0.15, 0.2) is 0 Å². The summed E-state index contributed by atoms with van der Waals surface area (Å²) in [7, 11) is 0. The van der Waals surface area contributed by atoms with E-state index in [9.17, 15) is 30.3 Å². The van der Waals surface area contributed by atoms with Crippen LogP contribution in [-0.4, -0.2) is 0 Å². The van der Waals surface area contributed by atoms with Gasteiger partial charge >= 0.3 is 6.66 Å². The van der Waals surface area contributed by atoms with Crippen molar-refractivity contribution in [3.05, 3.63) is 29.1 Å². The Bertz CT molecular complexity index is 436. The van der Waals surface area contributed by atoms with E-state index in [1.54, 1.807) is 0 Å². The maximum Gasteiger partial charge on any atom is 0.307 e. The summed E-state index contributed by atoms with van der Waals surface area (Å²) < 4.78 is 87.4. The van der Waals surface area contributed by atoms with Crippen LogP contribution in [0.1, 0.15) is 0 Å². The number of benzene rings is 1. The van der Waals surface area contributed by atoms with Gasteiger partial charge in [-0.05, 0) is 11.8 Å². The minimum absolute atomic E-state index is 2.20. The SMILES string of the molecule is Fc1c(F)c(F)c(P(F)(F)=S)c(F)c1F. The van der Waals surface area contributed by atoms with Crippen molar-refractivity contribution in [1.29, 1.82) is 0 Å². The molecule has 1 aromatic carbocycles. The Kier molecular flexibility index (Phi) is 3.11. The second-order valence-corrected chi connectivity index (χ2v) is 5.13. The van der Waals surface area contributed by atoms with Gasteiger partial charge in [0.05, 0.1) is 0 Å². The fourth-order valence-electron chi connectivity index (χ4n) is 0.822. The first kappa shape index (κ1) is 12.4. The average Bonchev–Trinajstić information content (AvgIpc) is 2.09. The largest absolute Gasteiger partial charge is 0.307 e. The van der Waals surface area contributed by atoms with Crippen LogP contribution >= 0.6 is 6.66 Å². The lowest BCUT2D eigenvalue weighted by Crippen LogP contribution is -2.18. The van der Waals surface area contributed by atoms with Crippen molar-refractivity contribution in [2.45, 2.75) is 0 Å². The molecule has 15 heavy (non-hydrogen) atoms. The number of halogens is 7. The lowest BCUT2D eigenvalue weighted by atomic mass is 10.3. The molecule has 0 spiro atoms. The third kappa shape index (κ3) is 2.01. The number of hydrogen-bond acceptors (Lipinski definition) is 1. The quantitative estimate of drug-likeness (QED) is 0.326. The predicted octanol–water partition coefficient (Wildman–Crippen LogP) is 3.26. The van der Waals surface area contributed by atoms with Crippen LogP contribution in [0.5, 0.6) is 0 Å². The maximum absolute atomic E-state index is 12.7. The second-order valence-electron chi connectivity index (χ2n) is 2.38. The first-order valence-corrected chi connectivity index (χ1v) is 5.77. The van der Waals surface area contributed by atoms with Gasteiger partial charge in [-0.25, -0.2) is 22.0 Å². The summed E-state index contributed by atoms with van der Waals surface area (Å²) in [5.41, 5.74) is 0. The minimum atomic E-state index is -5.73. The Hall–Kier alpha value is -0.620. The van der Waals surface area contributed by atoms with E-state index in [4.69, 9.17) is 0 Å². The fraction of sp³-hybridized carbons (Fsp3) is 0. The van der Waals surface area contributed by atoms with Crippen LogP contribution in [-0.2, 0) is 11.8 Å². The van der Waals surface area contributed by atoms with Crippen LogP contribution in [0.25, 0.3) is 0 Å². The van der Waals surface area contributed by atoms with Crippen molar-refractivity contribution >= 4 is 23.8 Å². The number of hydrogen-bond donors (Lipinski definition) is 0. The van der Waals surface area contributed by atoms with E-state index >= 15 is 0 Å². The second kappa shape index (κ2) is 3.75. The zero-order chi connectivity index (χ0) is 12.0. The molecule has 0 N–H and O–H groups in total. The Balaban J connectivity index is 3.76. The summed E-state index contributed by atoms with van der Waals surface area (Å²) in [6.45, 7) is -5.73. The van der Waals surface area contributed by atoms with E-state index in [1.807, 2.05) is 0 Å². The van der Waals surface area contributed by atoms with E-state index in [-0.39, 0.29) is 0 Å². The van der Waals surface area contributed by atoms with Crippen molar-refractivity contribution in [2.24, 2.45) is 0 Å². The van der Waals surface area contributed by atoms with Crippen molar-refractivity contribution in [3.63, 3.8) is 0 Å². The Morgan fingerprint density at radius 2 is 0.933 bits per heavy atom. The molecule has 0 atom stereocenters. The summed E-state index contributed by atoms with van der Waals surface area (Å²) in [4.78, 5) is 0. The normalized spacial score (nSPS) is 11.9. The molecule has 9 heteroatoms. The van der Waals surface area contributed by atoms with Gasteiger partial charge in [0.1, 0.15) is 5.30 Å². The van der Waals surface area contributed by atoms with Gasteiger partial charge in [-0.1, -0.05) is 0 Å². The molecule has 0 aliphatic carbocycles. The third-order valence-corrected chi connectivity index (χ3v) is 2.91. The monoisotopic (exact) mass is 268 g/mol. The summed E-state index contributed by atoms with van der Waals surface area (Å²) in [5.74, 6) is -12.5. The molecule has 0 fully saturated rings. The summed E-state index contributed by atoms with van der Waals surface area (Å²) in [5, 5.41) is -2.20. The van der Waals surface area contributed by atoms with Crippen LogP contribution in [0.3, 0.4) is 0 Å². The Morgan fingerprint density at radius 1 is 0.667 bits per heavy atom. The molecule has 1 rings (SSSR count). The van der Waals surface area contributed by atoms with E-state index in [2.05, 4.69) is 11.8 Å². The zero-order valence-corrected chi connectivity index (χ0v) is 8.21. The van der Waals surface area contributed by atoms with E-state index in [0.717, 1.165) is 0 Å². The molecule has 1 aromatic rings. The third-order valence-electron chi connectivity index (χ3n) is 1.45. The molecular weight excluding hydrogens is 268 g/mol. The number of rotatable bonds is 1. The highest BCUT2D eigenvalue weighted by molar-refractivity contribution is 8.13. The molecular formula is C6F7PS. The van der Waals surface area contributed by atoms with Gasteiger partial charge in [-0.15, -0.1) is 0 Å². The highest BCUT2D eigenvalue weighted by atomic mass is 32.5. The standard InChI is InChI=1S/C6F7PS/c7-1-2(8)4(10)6(14(12,13)15)5(11)3(1)9. The molecule has 0 saturated carbocycles. The molecule has 0 aliphatic heterocycles. The van der Waals surface area contributed by atoms with Crippen LogP contribution in [0, 0.1) is 29.1 Å². The highest BCUT2D eigenvalue weighted by Crippen LogP contribution is 2.50. The average molecular weight is 268 g/mol. The van der Waals surface area contributed by atoms with E-state index in [1.165, 1.54) is 0 Å². The van der Waals surface area contributed by atoms with Crippen molar-refractivity contribution in [3.8, 4) is 0 Å². The van der Waals surface area contributed by atoms with Crippen LogP contribution in [0.2, 0.25) is 0 Å². The predicted molar refractivity (Wildman–Crippen MR) is 42.4 cm³/mol. The first-order valence-electron chi connectivity index (χ1n) is 3.19. The molecule has 84 valence electrons. The van der Waals surface area contributed by atoms with Gasteiger partial charge in [0.25, 0.3) is 0 Å². The molecule has 0 aromatic heterocycles. The minimum Gasteiger partial charge on any atom is -0.203 e. The summed E-state index contributed by atoms with van der Waals surface area (Å²) in [6.07, 6.45) is 0. The van der Waals surface area contributed by atoms with Gasteiger partial charge in [0.15, 0.2) is 23.3 Å². The molecule has 0 unspecified atom stereocenters. The van der Waals surface area contributed by atoms with Crippen LogP contribution < -0.4 is 5.30 Å². The van der Waals surface area contributed by atoms with E-state index in [0.29, 0.717) is 0 Å². The molecule has 0 saturated heterocycles. The van der Waals surface area contributed by atoms with Gasteiger partial charge in [0, 0.05) is 0 Å². The molecule has 0 radical (unpaired) electrons.